The third-order valence-corrected chi connectivity index (χ3v) is 14.6. The van der Waals surface area contributed by atoms with E-state index in [0.29, 0.717) is 17.5 Å². The minimum Gasteiger partial charge on any atom is -0.309 e. The van der Waals surface area contributed by atoms with Gasteiger partial charge in [0, 0.05) is 47.6 Å². The fraction of sp³-hybridized carbons (Fsp3) is 0.0172. The number of hydrogen-bond donors (Lipinski definition) is 0. The lowest BCUT2D eigenvalue weighted by Crippen LogP contribution is -2.33. The maximum Gasteiger partial charge on any atom is 0.164 e. The van der Waals surface area contributed by atoms with Crippen LogP contribution in [0.2, 0.25) is 0 Å². The quantitative estimate of drug-likeness (QED) is 0.178. The molecule has 0 fully saturated rings. The Balaban J connectivity index is 1.10. The van der Waals surface area contributed by atoms with E-state index in [1.165, 1.54) is 86.6 Å². The van der Waals surface area contributed by atoms with Gasteiger partial charge in [-0.1, -0.05) is 170 Å². The number of aromatic nitrogens is 4. The highest BCUT2D eigenvalue weighted by atomic mass is 32.1. The van der Waals surface area contributed by atoms with E-state index in [1.807, 2.05) is 47.7 Å². The molecule has 0 saturated carbocycles. The SMILES string of the molecule is c1ccc(-c2nc(-c3ccccc3)nc(-c3cccc4c3-c3cc(-c5ccc6sc7ccccc7c6c5)ccc3C43c4ccccc4-n4c5ccccc5c5cccc3c54)n2)cc1. The second-order valence-electron chi connectivity index (χ2n) is 16.7. The monoisotopic (exact) mass is 818 g/mol. The molecule has 4 heterocycles. The van der Waals surface area contributed by atoms with Crippen molar-refractivity contribution in [2.45, 2.75) is 5.41 Å². The Labute approximate surface area is 367 Å². The summed E-state index contributed by atoms with van der Waals surface area (Å²) in [5, 5.41) is 5.10. The predicted molar refractivity (Wildman–Crippen MR) is 260 cm³/mol. The summed E-state index contributed by atoms with van der Waals surface area (Å²) >= 11 is 1.86. The highest BCUT2D eigenvalue weighted by molar-refractivity contribution is 7.25. The number of para-hydroxylation sites is 3. The molecule has 0 N–H and O–H groups in total. The molecule has 0 bridgehead atoms. The zero-order valence-corrected chi connectivity index (χ0v) is 34.6. The standard InChI is InChI=1S/C58H34N4S/c1-3-15-35(16-4-1)55-59-56(36-17-5-2-6-18-36)61-57(60-55)42-22-14-24-47-53(42)44-34-37(38-30-32-52-43(33-38)40-20-8-12-28-51(40)63-52)29-31-45(44)58(47)46-23-9-11-27-50(46)62-49-26-10-7-19-39(49)41-21-13-25-48(58)54(41)62/h1-34H. The molecule has 14 rings (SSSR count). The molecule has 1 aliphatic carbocycles. The highest BCUT2D eigenvalue weighted by Crippen LogP contribution is 2.62. The fourth-order valence-electron chi connectivity index (χ4n) is 10.9. The van der Waals surface area contributed by atoms with Gasteiger partial charge in [-0.05, 0) is 80.9 Å². The predicted octanol–water partition coefficient (Wildman–Crippen LogP) is 14.7. The molecule has 1 atom stereocenters. The Kier molecular flexibility index (Phi) is 7.16. The van der Waals surface area contributed by atoms with E-state index >= 15 is 0 Å². The second kappa shape index (κ2) is 13.0. The van der Waals surface area contributed by atoms with Crippen LogP contribution in [0.3, 0.4) is 0 Å². The molecule has 0 saturated heterocycles. The number of benzene rings is 9. The Bertz CT molecular complexity index is 3810. The number of hydrogen-bond acceptors (Lipinski definition) is 4. The van der Waals surface area contributed by atoms with Crippen LogP contribution in [0.4, 0.5) is 0 Å². The molecule has 1 aliphatic heterocycles. The van der Waals surface area contributed by atoms with Gasteiger partial charge >= 0.3 is 0 Å². The van der Waals surface area contributed by atoms with Crippen molar-refractivity contribution in [3.05, 3.63) is 229 Å². The minimum absolute atomic E-state index is 0.634. The number of nitrogens with zero attached hydrogens (tertiary/aromatic N) is 4. The van der Waals surface area contributed by atoms with Gasteiger partial charge < -0.3 is 4.57 Å². The maximum absolute atomic E-state index is 5.34. The van der Waals surface area contributed by atoms with Crippen LogP contribution in [0.15, 0.2) is 206 Å². The van der Waals surface area contributed by atoms with Crippen LogP contribution in [0, 0.1) is 0 Å². The number of thiophene rings is 1. The van der Waals surface area contributed by atoms with E-state index in [9.17, 15) is 0 Å². The van der Waals surface area contributed by atoms with Gasteiger partial charge in [0.15, 0.2) is 17.5 Å². The van der Waals surface area contributed by atoms with E-state index in [0.717, 1.165) is 22.3 Å². The molecule has 292 valence electrons. The van der Waals surface area contributed by atoms with Crippen molar-refractivity contribution in [1.29, 1.82) is 0 Å². The summed E-state index contributed by atoms with van der Waals surface area (Å²) in [5.74, 6) is 1.94. The third kappa shape index (κ3) is 4.77. The summed E-state index contributed by atoms with van der Waals surface area (Å²) in [6, 6.07) is 75.0. The van der Waals surface area contributed by atoms with Gasteiger partial charge in [-0.25, -0.2) is 15.0 Å². The maximum atomic E-state index is 5.34. The highest BCUT2D eigenvalue weighted by Gasteiger charge is 2.51. The summed E-state index contributed by atoms with van der Waals surface area (Å²) in [6.45, 7) is 0. The molecule has 63 heavy (non-hydrogen) atoms. The van der Waals surface area contributed by atoms with Crippen LogP contribution in [0.5, 0.6) is 0 Å². The first-order valence-electron chi connectivity index (χ1n) is 21.4. The Morgan fingerprint density at radius 3 is 1.79 bits per heavy atom. The lowest BCUT2D eigenvalue weighted by molar-refractivity contribution is 0.748. The zero-order chi connectivity index (χ0) is 41.2. The summed E-state index contributed by atoms with van der Waals surface area (Å²) in [5.41, 5.74) is 15.6. The van der Waals surface area contributed by atoms with Gasteiger partial charge in [-0.15, -0.1) is 11.3 Å². The first-order valence-corrected chi connectivity index (χ1v) is 22.3. The van der Waals surface area contributed by atoms with Crippen LogP contribution < -0.4 is 0 Å². The molecular weight excluding hydrogens is 785 g/mol. The Morgan fingerprint density at radius 1 is 0.365 bits per heavy atom. The normalized spacial score (nSPS) is 14.7. The lowest BCUT2D eigenvalue weighted by atomic mass is 9.65. The van der Waals surface area contributed by atoms with Crippen LogP contribution in [0.25, 0.3) is 104 Å². The van der Waals surface area contributed by atoms with Gasteiger partial charge in [-0.2, -0.15) is 0 Å². The van der Waals surface area contributed by atoms with E-state index < -0.39 is 5.41 Å². The molecule has 2 aliphatic rings. The molecule has 1 spiro atoms. The molecule has 5 heteroatoms. The van der Waals surface area contributed by atoms with E-state index in [-0.39, 0.29) is 0 Å². The van der Waals surface area contributed by atoms with Gasteiger partial charge in [0.2, 0.25) is 0 Å². The molecule has 3 aromatic heterocycles. The van der Waals surface area contributed by atoms with Crippen LogP contribution in [0.1, 0.15) is 22.3 Å². The molecule has 1 unspecified atom stereocenters. The first kappa shape index (κ1) is 34.7. The molecule has 0 radical (unpaired) electrons. The number of fused-ring (bicyclic) bond motifs is 15. The second-order valence-corrected chi connectivity index (χ2v) is 17.7. The average Bonchev–Trinajstić information content (AvgIpc) is 4.00. The molecule has 9 aromatic carbocycles. The van der Waals surface area contributed by atoms with Gasteiger partial charge in [0.1, 0.15) is 0 Å². The van der Waals surface area contributed by atoms with Crippen LogP contribution in [-0.4, -0.2) is 19.5 Å². The topological polar surface area (TPSA) is 43.6 Å². The minimum atomic E-state index is -0.634. The van der Waals surface area contributed by atoms with Crippen molar-refractivity contribution in [3.8, 4) is 62.1 Å². The van der Waals surface area contributed by atoms with Crippen molar-refractivity contribution in [2.75, 3.05) is 0 Å². The molecule has 12 aromatic rings. The van der Waals surface area contributed by atoms with Gasteiger partial charge in [0.05, 0.1) is 22.1 Å². The smallest absolute Gasteiger partial charge is 0.164 e. The summed E-state index contributed by atoms with van der Waals surface area (Å²) in [7, 11) is 0. The van der Waals surface area contributed by atoms with Crippen LogP contribution in [-0.2, 0) is 5.41 Å². The van der Waals surface area contributed by atoms with E-state index in [2.05, 4.69) is 174 Å². The van der Waals surface area contributed by atoms with Crippen molar-refractivity contribution in [3.63, 3.8) is 0 Å². The average molecular weight is 819 g/mol. The van der Waals surface area contributed by atoms with Gasteiger partial charge in [-0.3, -0.25) is 0 Å². The molecule has 4 nitrogen and oxygen atoms in total. The van der Waals surface area contributed by atoms with E-state index in [4.69, 9.17) is 15.0 Å². The molecule has 0 amide bonds. The van der Waals surface area contributed by atoms with Crippen molar-refractivity contribution in [2.24, 2.45) is 0 Å². The number of rotatable bonds is 4. The first-order chi connectivity index (χ1) is 31.2. The fourth-order valence-corrected chi connectivity index (χ4v) is 11.9. The van der Waals surface area contributed by atoms with E-state index in [1.54, 1.807) is 0 Å². The van der Waals surface area contributed by atoms with Crippen LogP contribution >= 0.6 is 11.3 Å². The van der Waals surface area contributed by atoms with Crippen molar-refractivity contribution >= 4 is 53.3 Å². The Hall–Kier alpha value is -7.99. The van der Waals surface area contributed by atoms with Gasteiger partial charge in [0.25, 0.3) is 0 Å². The van der Waals surface area contributed by atoms with Crippen molar-refractivity contribution < 1.29 is 0 Å². The largest absolute Gasteiger partial charge is 0.309 e. The summed E-state index contributed by atoms with van der Waals surface area (Å²) in [6.07, 6.45) is 0. The Morgan fingerprint density at radius 2 is 0.968 bits per heavy atom. The van der Waals surface area contributed by atoms with Crippen molar-refractivity contribution in [1.82, 2.24) is 19.5 Å². The third-order valence-electron chi connectivity index (χ3n) is 13.5. The lowest BCUT2D eigenvalue weighted by Gasteiger charge is -2.39. The zero-order valence-electron chi connectivity index (χ0n) is 33.8. The molecular formula is C58H34N4S. The summed E-state index contributed by atoms with van der Waals surface area (Å²) < 4.78 is 5.11. The summed E-state index contributed by atoms with van der Waals surface area (Å²) in [4.78, 5) is 15.8.